The molecule has 42 heavy (non-hydrogen) atoms. The lowest BCUT2D eigenvalue weighted by Crippen LogP contribution is -2.34. The zero-order valence-corrected chi connectivity index (χ0v) is 25.4. The third-order valence-corrected chi connectivity index (χ3v) is 9.06. The third-order valence-electron chi connectivity index (χ3n) is 9.06. The fourth-order valence-corrected chi connectivity index (χ4v) is 6.24. The standard InChI is InChI=1S/C38H46FNO2/c1-6-25-38(39,9-4)42-32-22-20-31(21-23-32)34-27-28(17-19-29(34)7-2)18-24-33(30-14-11-10-12-15-30)36(41)35-16-13-26-37(5,8-3)40-35/h6-7,9,13,16-17,19-23,27,30,33H,1-2,4,8,10-12,14-15,18,24-26H2,3,5H3. The van der Waals surface area contributed by atoms with Crippen molar-refractivity contribution in [2.75, 3.05) is 0 Å². The fraction of sp³-hybridized carbons (Fsp3) is 0.421. The van der Waals surface area contributed by atoms with Crippen LogP contribution in [0.2, 0.25) is 0 Å². The summed E-state index contributed by atoms with van der Waals surface area (Å²) in [6.45, 7) is 15.5. The van der Waals surface area contributed by atoms with Crippen molar-refractivity contribution in [1.29, 1.82) is 0 Å². The van der Waals surface area contributed by atoms with Crippen molar-refractivity contribution in [2.45, 2.75) is 89.4 Å². The van der Waals surface area contributed by atoms with E-state index in [1.807, 2.05) is 24.3 Å². The summed E-state index contributed by atoms with van der Waals surface area (Å²) in [6, 6.07) is 13.9. The molecule has 2 aromatic rings. The van der Waals surface area contributed by atoms with E-state index in [4.69, 9.17) is 9.73 Å². The molecular formula is C38H46FNO2. The van der Waals surface area contributed by atoms with Crippen LogP contribution in [-0.2, 0) is 11.2 Å². The zero-order valence-electron chi connectivity index (χ0n) is 25.4. The van der Waals surface area contributed by atoms with Gasteiger partial charge >= 0.3 is 0 Å². The van der Waals surface area contributed by atoms with Crippen LogP contribution in [0.25, 0.3) is 17.2 Å². The Morgan fingerprint density at radius 2 is 1.88 bits per heavy atom. The second-order valence-corrected chi connectivity index (χ2v) is 12.1. The lowest BCUT2D eigenvalue weighted by molar-refractivity contribution is -0.118. The summed E-state index contributed by atoms with van der Waals surface area (Å²) in [4.78, 5) is 18.9. The van der Waals surface area contributed by atoms with E-state index in [0.29, 0.717) is 17.4 Å². The molecule has 2 aliphatic rings. The highest BCUT2D eigenvalue weighted by molar-refractivity contribution is 6.45. The number of rotatable bonds is 14. The fourth-order valence-electron chi connectivity index (χ4n) is 6.24. The number of halogens is 1. The molecule has 0 bridgehead atoms. The number of hydrogen-bond acceptors (Lipinski definition) is 3. The summed E-state index contributed by atoms with van der Waals surface area (Å²) in [5.74, 6) is -0.956. The van der Waals surface area contributed by atoms with Crippen molar-refractivity contribution >= 4 is 17.6 Å². The number of ether oxygens (including phenoxy) is 1. The maximum Gasteiger partial charge on any atom is 0.270 e. The number of hydrogen-bond donors (Lipinski definition) is 0. The van der Waals surface area contributed by atoms with Gasteiger partial charge in [0.2, 0.25) is 0 Å². The smallest absolute Gasteiger partial charge is 0.270 e. The van der Waals surface area contributed by atoms with Gasteiger partial charge in [0.25, 0.3) is 5.85 Å². The molecule has 4 heteroatoms. The molecule has 1 heterocycles. The highest BCUT2D eigenvalue weighted by atomic mass is 19.2. The molecule has 0 saturated heterocycles. The predicted octanol–water partition coefficient (Wildman–Crippen LogP) is 10.1. The summed E-state index contributed by atoms with van der Waals surface area (Å²) in [5.41, 5.74) is 4.72. The molecule has 4 rings (SSSR count). The second-order valence-electron chi connectivity index (χ2n) is 12.1. The maximum absolute atomic E-state index is 14.9. The first kappa shape index (κ1) is 31.4. The van der Waals surface area contributed by atoms with E-state index >= 15 is 0 Å². The normalized spacial score (nSPS) is 21.1. The third kappa shape index (κ3) is 7.65. The lowest BCUT2D eigenvalue weighted by Gasteiger charge is -2.31. The number of carbonyl (C=O) groups is 1. The van der Waals surface area contributed by atoms with Crippen molar-refractivity contribution in [3.8, 4) is 16.9 Å². The molecule has 0 spiro atoms. The molecular weight excluding hydrogens is 521 g/mol. The molecule has 2 aromatic carbocycles. The Kier molecular flexibility index (Phi) is 10.5. The first-order valence-corrected chi connectivity index (χ1v) is 15.5. The van der Waals surface area contributed by atoms with Gasteiger partial charge in [0.05, 0.1) is 5.54 Å². The Morgan fingerprint density at radius 1 is 1.14 bits per heavy atom. The Morgan fingerprint density at radius 3 is 2.52 bits per heavy atom. The van der Waals surface area contributed by atoms with Crippen LogP contribution >= 0.6 is 0 Å². The van der Waals surface area contributed by atoms with Crippen LogP contribution in [0, 0.1) is 11.8 Å². The number of aryl methyl sites for hydroxylation is 1. The topological polar surface area (TPSA) is 38.7 Å². The summed E-state index contributed by atoms with van der Waals surface area (Å²) in [6.07, 6.45) is 17.9. The quantitative estimate of drug-likeness (QED) is 0.213. The van der Waals surface area contributed by atoms with Crippen molar-refractivity contribution in [3.63, 3.8) is 0 Å². The van der Waals surface area contributed by atoms with E-state index in [-0.39, 0.29) is 23.7 Å². The minimum atomic E-state index is -1.99. The van der Waals surface area contributed by atoms with Gasteiger partial charge in [-0.05, 0) is 97.9 Å². The highest BCUT2D eigenvalue weighted by Crippen LogP contribution is 2.36. The van der Waals surface area contributed by atoms with Crippen LogP contribution < -0.4 is 4.74 Å². The second kappa shape index (κ2) is 14.1. The molecule has 222 valence electrons. The van der Waals surface area contributed by atoms with E-state index < -0.39 is 5.85 Å². The summed E-state index contributed by atoms with van der Waals surface area (Å²) >= 11 is 0. The highest BCUT2D eigenvalue weighted by Gasteiger charge is 2.33. The van der Waals surface area contributed by atoms with Crippen LogP contribution in [0.15, 0.2) is 91.5 Å². The number of aliphatic imine (C=N–C) groups is 1. The largest absolute Gasteiger partial charge is 0.454 e. The SMILES string of the molecule is C=CCC(F)(C=C)Oc1ccc(-c2cc(CCC(C(=O)C3=NC(C)(CC)CC=C3)C3CCCCC3)ccc2C=C)cc1. The Labute approximate surface area is 252 Å². The Balaban J connectivity index is 1.55. The average molecular weight is 568 g/mol. The van der Waals surface area contributed by atoms with Crippen molar-refractivity contribution < 1.29 is 13.9 Å². The lowest BCUT2D eigenvalue weighted by atomic mass is 9.74. The van der Waals surface area contributed by atoms with E-state index in [2.05, 4.69) is 57.9 Å². The number of benzene rings is 2. The monoisotopic (exact) mass is 567 g/mol. The maximum atomic E-state index is 14.9. The molecule has 1 aliphatic carbocycles. The molecule has 3 atom stereocenters. The minimum absolute atomic E-state index is 0.0201. The summed E-state index contributed by atoms with van der Waals surface area (Å²) < 4.78 is 20.4. The number of carbonyl (C=O) groups excluding carboxylic acids is 1. The number of nitrogens with zero attached hydrogens (tertiary/aromatic N) is 1. The molecule has 0 amide bonds. The molecule has 0 radical (unpaired) electrons. The van der Waals surface area contributed by atoms with Gasteiger partial charge in [-0.2, -0.15) is 4.39 Å². The Hall–Kier alpha value is -3.53. The molecule has 1 fully saturated rings. The Bertz CT molecular complexity index is 1330. The van der Waals surface area contributed by atoms with Crippen LogP contribution in [0.3, 0.4) is 0 Å². The van der Waals surface area contributed by atoms with Gasteiger partial charge in [0.1, 0.15) is 11.5 Å². The first-order valence-electron chi connectivity index (χ1n) is 15.5. The molecule has 1 saturated carbocycles. The number of dihydropyridines is 1. The van der Waals surface area contributed by atoms with Crippen molar-refractivity contribution in [3.05, 3.63) is 97.6 Å². The van der Waals surface area contributed by atoms with Crippen LogP contribution in [-0.4, -0.2) is 22.9 Å². The summed E-state index contributed by atoms with van der Waals surface area (Å²) in [7, 11) is 0. The van der Waals surface area contributed by atoms with Gasteiger partial charge in [-0.3, -0.25) is 9.79 Å². The number of alkyl halides is 1. The molecule has 3 unspecified atom stereocenters. The van der Waals surface area contributed by atoms with E-state index in [1.54, 1.807) is 12.1 Å². The van der Waals surface area contributed by atoms with Gasteiger partial charge in [0.15, 0.2) is 5.78 Å². The molecule has 1 aliphatic heterocycles. The van der Waals surface area contributed by atoms with Crippen LogP contribution in [0.1, 0.15) is 82.8 Å². The van der Waals surface area contributed by atoms with Gasteiger partial charge in [0, 0.05) is 12.3 Å². The summed E-state index contributed by atoms with van der Waals surface area (Å²) in [5, 5.41) is 0. The van der Waals surface area contributed by atoms with Crippen molar-refractivity contribution in [1.82, 2.24) is 0 Å². The van der Waals surface area contributed by atoms with Crippen LogP contribution in [0.5, 0.6) is 5.75 Å². The van der Waals surface area contributed by atoms with Gasteiger partial charge in [-0.1, -0.05) is 87.9 Å². The predicted molar refractivity (Wildman–Crippen MR) is 175 cm³/mol. The average Bonchev–Trinajstić information content (AvgIpc) is 3.02. The number of ketones is 1. The van der Waals surface area contributed by atoms with Crippen LogP contribution in [0.4, 0.5) is 4.39 Å². The molecule has 0 N–H and O–H groups in total. The van der Waals surface area contributed by atoms with E-state index in [0.717, 1.165) is 61.3 Å². The van der Waals surface area contributed by atoms with E-state index in [9.17, 15) is 9.18 Å². The van der Waals surface area contributed by atoms with Gasteiger partial charge < -0.3 is 4.74 Å². The van der Waals surface area contributed by atoms with E-state index in [1.165, 1.54) is 30.9 Å². The molecule has 3 nitrogen and oxygen atoms in total. The first-order chi connectivity index (χ1) is 20.2. The van der Waals surface area contributed by atoms with Gasteiger partial charge in [-0.25, -0.2) is 0 Å². The molecule has 0 aromatic heterocycles. The number of Topliss-reactive ketones (excluding diaryl/α,β-unsaturated/α-hetero) is 1. The minimum Gasteiger partial charge on any atom is -0.454 e. The zero-order chi connectivity index (χ0) is 30.2. The van der Waals surface area contributed by atoms with Gasteiger partial charge in [-0.15, -0.1) is 6.58 Å². The number of allylic oxidation sites excluding steroid dienone is 1. The van der Waals surface area contributed by atoms with Crippen molar-refractivity contribution in [2.24, 2.45) is 16.8 Å².